The maximum Gasteiger partial charge on any atom is 0.145 e. The van der Waals surface area contributed by atoms with Crippen molar-refractivity contribution in [2.45, 2.75) is 6.61 Å². The van der Waals surface area contributed by atoms with Crippen molar-refractivity contribution in [3.05, 3.63) is 47.2 Å². The van der Waals surface area contributed by atoms with Crippen molar-refractivity contribution in [1.82, 2.24) is 4.98 Å². The molecule has 0 radical (unpaired) electrons. The predicted octanol–water partition coefficient (Wildman–Crippen LogP) is 3.29. The van der Waals surface area contributed by atoms with Crippen molar-refractivity contribution in [3.8, 4) is 16.9 Å². The number of pyridine rings is 1. The number of fused-ring (bicyclic) bond motifs is 3. The molecular weight excluding hydrogens is 210 g/mol. The first-order chi connectivity index (χ1) is 7.34. The van der Waals surface area contributed by atoms with E-state index in [1.165, 1.54) is 5.56 Å². The van der Waals surface area contributed by atoms with Crippen LogP contribution in [0.2, 0.25) is 5.02 Å². The molecular formula is C12H8ClNO. The lowest BCUT2D eigenvalue weighted by Gasteiger charge is -2.20. The zero-order valence-electron chi connectivity index (χ0n) is 7.90. The summed E-state index contributed by atoms with van der Waals surface area (Å²) in [6, 6.07) is 7.83. The first-order valence-corrected chi connectivity index (χ1v) is 5.08. The zero-order valence-corrected chi connectivity index (χ0v) is 8.66. The van der Waals surface area contributed by atoms with Crippen LogP contribution in [-0.2, 0) is 6.61 Å². The topological polar surface area (TPSA) is 22.1 Å². The first kappa shape index (κ1) is 8.74. The number of nitrogens with zero attached hydrogens (tertiary/aromatic N) is 1. The average molecular weight is 218 g/mol. The molecule has 2 aromatic rings. The number of hydrogen-bond donors (Lipinski definition) is 0. The highest BCUT2D eigenvalue weighted by Crippen LogP contribution is 2.37. The molecule has 74 valence electrons. The van der Waals surface area contributed by atoms with E-state index in [4.69, 9.17) is 16.3 Å². The van der Waals surface area contributed by atoms with Gasteiger partial charge in [-0.2, -0.15) is 0 Å². The summed E-state index contributed by atoms with van der Waals surface area (Å²) in [5.74, 6) is 0.840. The Morgan fingerprint density at radius 1 is 1.20 bits per heavy atom. The van der Waals surface area contributed by atoms with Crippen molar-refractivity contribution in [3.63, 3.8) is 0 Å². The van der Waals surface area contributed by atoms with Crippen LogP contribution in [-0.4, -0.2) is 4.98 Å². The Morgan fingerprint density at radius 3 is 3.07 bits per heavy atom. The summed E-state index contributed by atoms with van der Waals surface area (Å²) in [5.41, 5.74) is 3.40. The Morgan fingerprint density at radius 2 is 2.13 bits per heavy atom. The van der Waals surface area contributed by atoms with Crippen LogP contribution >= 0.6 is 11.6 Å². The summed E-state index contributed by atoms with van der Waals surface area (Å²) >= 11 is 5.94. The minimum atomic E-state index is 0.564. The summed E-state index contributed by atoms with van der Waals surface area (Å²) in [6.45, 7) is 0.564. The lowest BCUT2D eigenvalue weighted by atomic mass is 9.98. The number of hydrogen-bond acceptors (Lipinski definition) is 2. The van der Waals surface area contributed by atoms with Crippen LogP contribution < -0.4 is 4.74 Å². The third kappa shape index (κ3) is 1.38. The lowest BCUT2D eigenvalue weighted by molar-refractivity contribution is 0.301. The van der Waals surface area contributed by atoms with Gasteiger partial charge in [0.05, 0.1) is 6.20 Å². The molecule has 0 N–H and O–H groups in total. The van der Waals surface area contributed by atoms with Gasteiger partial charge < -0.3 is 4.74 Å². The third-order valence-electron chi connectivity index (χ3n) is 2.53. The molecule has 0 bridgehead atoms. The van der Waals surface area contributed by atoms with Crippen LogP contribution in [0.25, 0.3) is 11.1 Å². The maximum absolute atomic E-state index is 5.94. The van der Waals surface area contributed by atoms with Gasteiger partial charge in [0, 0.05) is 16.8 Å². The Hall–Kier alpha value is -1.54. The SMILES string of the molecule is Clc1ccc2c(c1)COc1cnccc1-2. The fraction of sp³-hybridized carbons (Fsp3) is 0.0833. The van der Waals surface area contributed by atoms with Crippen LogP contribution in [0.15, 0.2) is 36.7 Å². The molecule has 0 spiro atoms. The highest BCUT2D eigenvalue weighted by Gasteiger charge is 2.16. The first-order valence-electron chi connectivity index (χ1n) is 4.70. The van der Waals surface area contributed by atoms with E-state index in [1.54, 1.807) is 12.4 Å². The molecule has 0 aliphatic carbocycles. The normalized spacial score (nSPS) is 12.6. The van der Waals surface area contributed by atoms with Crippen LogP contribution in [0, 0.1) is 0 Å². The second-order valence-corrected chi connectivity index (χ2v) is 3.90. The van der Waals surface area contributed by atoms with E-state index in [9.17, 15) is 0 Å². The van der Waals surface area contributed by atoms with E-state index in [2.05, 4.69) is 4.98 Å². The molecule has 1 aliphatic rings. The molecule has 2 nitrogen and oxygen atoms in total. The molecule has 3 rings (SSSR count). The number of benzene rings is 1. The van der Waals surface area contributed by atoms with E-state index < -0.39 is 0 Å². The maximum atomic E-state index is 5.94. The van der Waals surface area contributed by atoms with E-state index >= 15 is 0 Å². The molecule has 0 saturated carbocycles. The zero-order chi connectivity index (χ0) is 10.3. The molecule has 0 amide bonds. The van der Waals surface area contributed by atoms with Gasteiger partial charge in [-0.3, -0.25) is 4.98 Å². The second kappa shape index (κ2) is 3.24. The van der Waals surface area contributed by atoms with Gasteiger partial charge in [-0.25, -0.2) is 0 Å². The minimum Gasteiger partial charge on any atom is -0.487 e. The molecule has 0 saturated heterocycles. The third-order valence-corrected chi connectivity index (χ3v) is 2.76. The highest BCUT2D eigenvalue weighted by molar-refractivity contribution is 6.30. The Bertz CT molecular complexity index is 525. The molecule has 15 heavy (non-hydrogen) atoms. The lowest BCUT2D eigenvalue weighted by Crippen LogP contribution is -2.05. The molecule has 0 unspecified atom stereocenters. The van der Waals surface area contributed by atoms with Crippen LogP contribution in [0.4, 0.5) is 0 Å². The van der Waals surface area contributed by atoms with Gasteiger partial charge in [0.2, 0.25) is 0 Å². The Balaban J connectivity index is 2.26. The molecule has 2 heterocycles. The van der Waals surface area contributed by atoms with Crippen molar-refractivity contribution in [2.75, 3.05) is 0 Å². The van der Waals surface area contributed by atoms with Gasteiger partial charge in [-0.15, -0.1) is 0 Å². The fourth-order valence-electron chi connectivity index (χ4n) is 1.82. The van der Waals surface area contributed by atoms with Crippen molar-refractivity contribution in [2.24, 2.45) is 0 Å². The van der Waals surface area contributed by atoms with Crippen LogP contribution in [0.5, 0.6) is 5.75 Å². The van der Waals surface area contributed by atoms with Crippen molar-refractivity contribution >= 4 is 11.6 Å². The summed E-state index contributed by atoms with van der Waals surface area (Å²) in [6.07, 6.45) is 3.51. The van der Waals surface area contributed by atoms with E-state index in [1.807, 2.05) is 24.3 Å². The minimum absolute atomic E-state index is 0.564. The van der Waals surface area contributed by atoms with Gasteiger partial charge in [0.1, 0.15) is 12.4 Å². The van der Waals surface area contributed by atoms with Gasteiger partial charge in [-0.1, -0.05) is 17.7 Å². The molecule has 3 heteroatoms. The Labute approximate surface area is 92.5 Å². The van der Waals surface area contributed by atoms with Gasteiger partial charge >= 0.3 is 0 Å². The fourth-order valence-corrected chi connectivity index (χ4v) is 2.01. The quantitative estimate of drug-likeness (QED) is 0.676. The largest absolute Gasteiger partial charge is 0.487 e. The number of rotatable bonds is 0. The molecule has 1 aliphatic heterocycles. The van der Waals surface area contributed by atoms with Gasteiger partial charge in [-0.05, 0) is 29.3 Å². The number of halogens is 1. The van der Waals surface area contributed by atoms with E-state index in [0.717, 1.165) is 21.9 Å². The molecule has 0 atom stereocenters. The summed E-state index contributed by atoms with van der Waals surface area (Å²) in [5, 5.41) is 0.745. The monoisotopic (exact) mass is 217 g/mol. The summed E-state index contributed by atoms with van der Waals surface area (Å²) < 4.78 is 5.58. The predicted molar refractivity (Wildman–Crippen MR) is 59.0 cm³/mol. The van der Waals surface area contributed by atoms with Crippen molar-refractivity contribution in [1.29, 1.82) is 0 Å². The Kier molecular flexibility index (Phi) is 1.89. The molecule has 1 aromatic heterocycles. The number of aromatic nitrogens is 1. The standard InChI is InChI=1S/C12H8ClNO/c13-9-1-2-10-8(5-9)7-15-12-6-14-4-3-11(10)12/h1-6H,7H2. The van der Waals surface area contributed by atoms with Crippen molar-refractivity contribution < 1.29 is 4.74 Å². The van der Waals surface area contributed by atoms with Crippen LogP contribution in [0.1, 0.15) is 5.56 Å². The smallest absolute Gasteiger partial charge is 0.145 e. The van der Waals surface area contributed by atoms with E-state index in [-0.39, 0.29) is 0 Å². The highest BCUT2D eigenvalue weighted by atomic mass is 35.5. The van der Waals surface area contributed by atoms with Gasteiger partial charge in [0.25, 0.3) is 0 Å². The van der Waals surface area contributed by atoms with Gasteiger partial charge in [0.15, 0.2) is 0 Å². The van der Waals surface area contributed by atoms with E-state index in [0.29, 0.717) is 6.61 Å². The summed E-state index contributed by atoms with van der Waals surface area (Å²) in [7, 11) is 0. The van der Waals surface area contributed by atoms with Crippen LogP contribution in [0.3, 0.4) is 0 Å². The second-order valence-electron chi connectivity index (χ2n) is 3.46. The summed E-state index contributed by atoms with van der Waals surface area (Å²) in [4.78, 5) is 4.04. The number of ether oxygens (including phenoxy) is 1. The average Bonchev–Trinajstić information content (AvgIpc) is 2.28. The molecule has 0 fully saturated rings. The molecule has 1 aromatic carbocycles.